The van der Waals surface area contributed by atoms with Gasteiger partial charge in [-0.2, -0.15) is 10.2 Å². The van der Waals surface area contributed by atoms with Gasteiger partial charge in [0, 0.05) is 46.0 Å². The number of amides is 1. The van der Waals surface area contributed by atoms with Gasteiger partial charge in [-0.05, 0) is 25.8 Å². The van der Waals surface area contributed by atoms with Gasteiger partial charge in [0.15, 0.2) is 0 Å². The molecule has 1 saturated heterocycles. The van der Waals surface area contributed by atoms with Gasteiger partial charge in [-0.25, -0.2) is 4.68 Å². The molecule has 0 radical (unpaired) electrons. The lowest BCUT2D eigenvalue weighted by atomic mass is 9.82. The molecule has 7 heteroatoms. The first-order chi connectivity index (χ1) is 11.5. The second-order valence-electron chi connectivity index (χ2n) is 7.13. The van der Waals surface area contributed by atoms with Gasteiger partial charge in [-0.1, -0.05) is 0 Å². The standard InChI is InChI=1S/C17H24N6O/c1-13-10-15-20(2)16(24)11-17(23(15)19-13)5-8-22(9-6-17)12-14-4-7-18-21(14)3/h4,7,10H,5-6,8-9,11-12H2,1-3H3. The topological polar surface area (TPSA) is 59.2 Å². The van der Waals surface area contributed by atoms with Gasteiger partial charge in [0.25, 0.3) is 0 Å². The van der Waals surface area contributed by atoms with E-state index in [0.29, 0.717) is 6.42 Å². The van der Waals surface area contributed by atoms with Crippen LogP contribution >= 0.6 is 0 Å². The minimum absolute atomic E-state index is 0.157. The maximum absolute atomic E-state index is 12.5. The van der Waals surface area contributed by atoms with Crippen LogP contribution in [0.4, 0.5) is 5.82 Å². The molecule has 4 heterocycles. The van der Waals surface area contributed by atoms with Crippen molar-refractivity contribution in [2.45, 2.75) is 38.3 Å². The van der Waals surface area contributed by atoms with Crippen molar-refractivity contribution in [3.05, 3.63) is 29.7 Å². The Morgan fingerprint density at radius 2 is 2.00 bits per heavy atom. The zero-order chi connectivity index (χ0) is 16.9. The van der Waals surface area contributed by atoms with Crippen LogP contribution in [0.25, 0.3) is 0 Å². The van der Waals surface area contributed by atoms with Crippen molar-refractivity contribution in [2.24, 2.45) is 7.05 Å². The van der Waals surface area contributed by atoms with Crippen LogP contribution in [-0.2, 0) is 23.9 Å². The molecule has 24 heavy (non-hydrogen) atoms. The number of hydrogen-bond acceptors (Lipinski definition) is 4. The molecular weight excluding hydrogens is 304 g/mol. The molecule has 1 fully saturated rings. The highest BCUT2D eigenvalue weighted by Gasteiger charge is 2.45. The molecule has 2 aliphatic heterocycles. The number of carbonyl (C=O) groups excluding carboxylic acids is 1. The van der Waals surface area contributed by atoms with Gasteiger partial charge in [-0.15, -0.1) is 0 Å². The Kier molecular flexibility index (Phi) is 3.49. The average molecular weight is 328 g/mol. The summed E-state index contributed by atoms with van der Waals surface area (Å²) >= 11 is 0. The van der Waals surface area contributed by atoms with E-state index in [1.54, 1.807) is 4.90 Å². The summed E-state index contributed by atoms with van der Waals surface area (Å²) in [4.78, 5) is 16.7. The molecule has 2 aliphatic rings. The van der Waals surface area contributed by atoms with E-state index in [-0.39, 0.29) is 11.4 Å². The second-order valence-corrected chi connectivity index (χ2v) is 7.13. The van der Waals surface area contributed by atoms with E-state index >= 15 is 0 Å². The quantitative estimate of drug-likeness (QED) is 0.833. The van der Waals surface area contributed by atoms with Gasteiger partial charge in [0.05, 0.1) is 23.3 Å². The van der Waals surface area contributed by atoms with Gasteiger partial charge in [0.1, 0.15) is 5.82 Å². The predicted molar refractivity (Wildman–Crippen MR) is 90.7 cm³/mol. The number of hydrogen-bond donors (Lipinski definition) is 0. The van der Waals surface area contributed by atoms with E-state index in [1.165, 1.54) is 5.69 Å². The number of carbonyl (C=O) groups is 1. The van der Waals surface area contributed by atoms with Gasteiger partial charge in [0.2, 0.25) is 5.91 Å². The second kappa shape index (κ2) is 5.44. The zero-order valence-electron chi connectivity index (χ0n) is 14.6. The maximum atomic E-state index is 12.5. The Bertz CT molecular complexity index is 768. The van der Waals surface area contributed by atoms with Crippen molar-refractivity contribution in [1.29, 1.82) is 0 Å². The lowest BCUT2D eigenvalue weighted by Crippen LogP contribution is -2.53. The third-order valence-electron chi connectivity index (χ3n) is 5.55. The summed E-state index contributed by atoms with van der Waals surface area (Å²) in [6.45, 7) is 4.85. The molecule has 1 spiro atoms. The molecule has 0 aliphatic carbocycles. The van der Waals surface area contributed by atoms with Crippen LogP contribution < -0.4 is 4.90 Å². The minimum atomic E-state index is -0.157. The largest absolute Gasteiger partial charge is 0.300 e. The predicted octanol–water partition coefficient (Wildman–Crippen LogP) is 1.28. The van der Waals surface area contributed by atoms with Crippen LogP contribution in [0.5, 0.6) is 0 Å². The fraction of sp³-hybridized carbons (Fsp3) is 0.588. The van der Waals surface area contributed by atoms with Crippen LogP contribution in [0.15, 0.2) is 18.3 Å². The van der Waals surface area contributed by atoms with Gasteiger partial charge < -0.3 is 4.90 Å². The van der Waals surface area contributed by atoms with Crippen molar-refractivity contribution in [1.82, 2.24) is 24.5 Å². The summed E-state index contributed by atoms with van der Waals surface area (Å²) in [6.07, 6.45) is 4.31. The van der Waals surface area contributed by atoms with Crippen LogP contribution in [0.1, 0.15) is 30.7 Å². The maximum Gasteiger partial charge on any atom is 0.230 e. The van der Waals surface area contributed by atoms with Crippen molar-refractivity contribution >= 4 is 11.7 Å². The van der Waals surface area contributed by atoms with Crippen molar-refractivity contribution in [3.63, 3.8) is 0 Å². The molecule has 0 unspecified atom stereocenters. The third-order valence-corrected chi connectivity index (χ3v) is 5.55. The molecule has 0 atom stereocenters. The highest BCUT2D eigenvalue weighted by atomic mass is 16.2. The van der Waals surface area contributed by atoms with E-state index in [2.05, 4.69) is 20.7 Å². The molecule has 4 rings (SSSR count). The van der Waals surface area contributed by atoms with Crippen molar-refractivity contribution < 1.29 is 4.79 Å². The number of rotatable bonds is 2. The molecule has 1 amide bonds. The van der Waals surface area contributed by atoms with E-state index < -0.39 is 0 Å². The first kappa shape index (κ1) is 15.4. The molecule has 0 saturated carbocycles. The van der Waals surface area contributed by atoms with Crippen LogP contribution in [0.3, 0.4) is 0 Å². The SMILES string of the molecule is Cc1cc2n(n1)C1(CCN(Cc3ccnn3C)CC1)CC(=O)N2C. The first-order valence-electron chi connectivity index (χ1n) is 8.51. The summed E-state index contributed by atoms with van der Waals surface area (Å²) in [5.74, 6) is 1.13. The Labute approximate surface area is 141 Å². The van der Waals surface area contributed by atoms with Crippen molar-refractivity contribution in [3.8, 4) is 0 Å². The summed E-state index contributed by atoms with van der Waals surface area (Å²) in [7, 11) is 3.83. The zero-order valence-corrected chi connectivity index (χ0v) is 14.6. The Hall–Kier alpha value is -2.15. The highest BCUT2D eigenvalue weighted by Crippen LogP contribution is 2.41. The van der Waals surface area contributed by atoms with Gasteiger partial charge >= 0.3 is 0 Å². The summed E-state index contributed by atoms with van der Waals surface area (Å²) in [6, 6.07) is 4.08. The number of likely N-dealkylation sites (tertiary alicyclic amines) is 1. The summed E-state index contributed by atoms with van der Waals surface area (Å²) in [5, 5.41) is 8.96. The lowest BCUT2D eigenvalue weighted by molar-refractivity contribution is -0.122. The molecule has 7 nitrogen and oxygen atoms in total. The highest BCUT2D eigenvalue weighted by molar-refractivity contribution is 5.94. The molecule has 2 aromatic heterocycles. The third kappa shape index (κ3) is 2.34. The van der Waals surface area contributed by atoms with Gasteiger partial charge in [-0.3, -0.25) is 14.4 Å². The normalized spacial score (nSPS) is 20.6. The van der Waals surface area contributed by atoms with Crippen LogP contribution in [0, 0.1) is 6.92 Å². The van der Waals surface area contributed by atoms with Crippen molar-refractivity contribution in [2.75, 3.05) is 25.0 Å². The molecule has 0 N–H and O–H groups in total. The summed E-state index contributed by atoms with van der Waals surface area (Å²) < 4.78 is 4.05. The van der Waals surface area contributed by atoms with Crippen LogP contribution in [0.2, 0.25) is 0 Å². The Morgan fingerprint density at radius 3 is 2.67 bits per heavy atom. The molecule has 128 valence electrons. The Morgan fingerprint density at radius 1 is 1.25 bits per heavy atom. The molecule has 0 aromatic carbocycles. The van der Waals surface area contributed by atoms with E-state index in [0.717, 1.165) is 44.0 Å². The number of fused-ring (bicyclic) bond motifs is 2. The summed E-state index contributed by atoms with van der Waals surface area (Å²) in [5.41, 5.74) is 2.04. The van der Waals surface area contributed by atoms with Crippen LogP contribution in [-0.4, -0.2) is 50.5 Å². The smallest absolute Gasteiger partial charge is 0.230 e. The number of anilines is 1. The number of aromatic nitrogens is 4. The monoisotopic (exact) mass is 328 g/mol. The number of nitrogens with zero attached hydrogens (tertiary/aromatic N) is 6. The fourth-order valence-electron chi connectivity index (χ4n) is 3.98. The van der Waals surface area contributed by atoms with E-state index in [9.17, 15) is 4.79 Å². The minimum Gasteiger partial charge on any atom is -0.300 e. The molecule has 0 bridgehead atoms. The first-order valence-corrected chi connectivity index (χ1v) is 8.51. The van der Waals surface area contributed by atoms with E-state index in [4.69, 9.17) is 5.10 Å². The molecular formula is C17H24N6O. The lowest BCUT2D eigenvalue weighted by Gasteiger charge is -2.46. The average Bonchev–Trinajstić information content (AvgIpc) is 3.14. The van der Waals surface area contributed by atoms with E-state index in [1.807, 2.05) is 38.0 Å². The number of aryl methyl sites for hydroxylation is 2. The Balaban J connectivity index is 1.55. The fourth-order valence-corrected chi connectivity index (χ4v) is 3.98. The molecule has 2 aromatic rings. The number of piperidine rings is 1.